The van der Waals surface area contributed by atoms with Crippen LogP contribution in [-0.4, -0.2) is 18.0 Å². The van der Waals surface area contributed by atoms with Gasteiger partial charge in [0.15, 0.2) is 0 Å². The molecular formula is C14H14N2O2S2. The first-order chi connectivity index (χ1) is 9.51. The number of rotatable bonds is 4. The summed E-state index contributed by atoms with van der Waals surface area (Å²) in [7, 11) is 1.57. The summed E-state index contributed by atoms with van der Waals surface area (Å²) in [6.45, 7) is 1.91. The van der Waals surface area contributed by atoms with Gasteiger partial charge < -0.3 is 15.8 Å². The number of benzene rings is 1. The van der Waals surface area contributed by atoms with E-state index in [0.29, 0.717) is 21.3 Å². The molecule has 2 aromatic rings. The maximum Gasteiger partial charge on any atom is 0.265 e. The van der Waals surface area contributed by atoms with Gasteiger partial charge in [-0.1, -0.05) is 24.4 Å². The maximum absolute atomic E-state index is 12.2. The number of thiophene rings is 1. The van der Waals surface area contributed by atoms with Crippen LogP contribution in [0.1, 0.15) is 20.8 Å². The summed E-state index contributed by atoms with van der Waals surface area (Å²) in [5.41, 5.74) is 7.97. The highest BCUT2D eigenvalue weighted by molar-refractivity contribution is 7.80. The van der Waals surface area contributed by atoms with Crippen molar-refractivity contribution in [2.75, 3.05) is 12.4 Å². The van der Waals surface area contributed by atoms with E-state index >= 15 is 0 Å². The fourth-order valence-corrected chi connectivity index (χ4v) is 2.52. The third-order valence-corrected chi connectivity index (χ3v) is 3.95. The zero-order valence-electron chi connectivity index (χ0n) is 11.1. The lowest BCUT2D eigenvalue weighted by atomic mass is 10.1. The smallest absolute Gasteiger partial charge is 0.265 e. The van der Waals surface area contributed by atoms with E-state index in [-0.39, 0.29) is 5.91 Å². The van der Waals surface area contributed by atoms with Crippen LogP contribution in [-0.2, 0) is 0 Å². The molecule has 104 valence electrons. The topological polar surface area (TPSA) is 64.3 Å². The van der Waals surface area contributed by atoms with Gasteiger partial charge in [0.2, 0.25) is 0 Å². The van der Waals surface area contributed by atoms with Gasteiger partial charge in [-0.05, 0) is 18.6 Å². The second-order valence-corrected chi connectivity index (χ2v) is 5.55. The summed E-state index contributed by atoms with van der Waals surface area (Å²) >= 11 is 6.27. The third kappa shape index (κ3) is 3.15. The summed E-state index contributed by atoms with van der Waals surface area (Å²) in [5.74, 6) is 0.496. The van der Waals surface area contributed by atoms with E-state index < -0.39 is 0 Å². The van der Waals surface area contributed by atoms with Gasteiger partial charge in [0, 0.05) is 22.7 Å². The average molecular weight is 306 g/mol. The van der Waals surface area contributed by atoms with Crippen molar-refractivity contribution in [1.29, 1.82) is 0 Å². The van der Waals surface area contributed by atoms with Crippen molar-refractivity contribution in [3.63, 3.8) is 0 Å². The number of carbonyl (C=O) groups excluding carboxylic acids is 1. The Labute approximate surface area is 126 Å². The Hall–Kier alpha value is -1.92. The maximum atomic E-state index is 12.2. The molecule has 0 saturated carbocycles. The van der Waals surface area contributed by atoms with Crippen molar-refractivity contribution in [3.05, 3.63) is 45.6 Å². The van der Waals surface area contributed by atoms with Gasteiger partial charge in [-0.3, -0.25) is 4.79 Å². The molecule has 0 fully saturated rings. The number of hydrogen-bond acceptors (Lipinski definition) is 4. The monoisotopic (exact) mass is 306 g/mol. The molecule has 1 heterocycles. The lowest BCUT2D eigenvalue weighted by Crippen LogP contribution is -2.14. The molecule has 2 rings (SSSR count). The molecule has 0 aliphatic heterocycles. The summed E-state index contributed by atoms with van der Waals surface area (Å²) in [6.07, 6.45) is 0. The molecule has 3 N–H and O–H groups in total. The molecule has 0 saturated heterocycles. The molecule has 0 bridgehead atoms. The fraction of sp³-hybridized carbons (Fsp3) is 0.143. The van der Waals surface area contributed by atoms with Crippen LogP contribution in [0.2, 0.25) is 0 Å². The largest absolute Gasteiger partial charge is 0.496 e. The Bertz CT molecular complexity index is 665. The first kappa shape index (κ1) is 14.5. The van der Waals surface area contributed by atoms with E-state index in [0.717, 1.165) is 11.1 Å². The van der Waals surface area contributed by atoms with Crippen LogP contribution in [0.5, 0.6) is 5.75 Å². The minimum Gasteiger partial charge on any atom is -0.496 e. The van der Waals surface area contributed by atoms with E-state index in [1.54, 1.807) is 24.6 Å². The van der Waals surface area contributed by atoms with Crippen LogP contribution < -0.4 is 15.8 Å². The van der Waals surface area contributed by atoms with Gasteiger partial charge in [-0.15, -0.1) is 11.3 Å². The second kappa shape index (κ2) is 6.02. The predicted octanol–water partition coefficient (Wildman–Crippen LogP) is 2.95. The number of hydrogen-bond donors (Lipinski definition) is 2. The molecule has 4 nitrogen and oxygen atoms in total. The number of carbonyl (C=O) groups is 1. The highest BCUT2D eigenvalue weighted by atomic mass is 32.1. The van der Waals surface area contributed by atoms with Gasteiger partial charge >= 0.3 is 0 Å². The second-order valence-electron chi connectivity index (χ2n) is 4.20. The number of amides is 1. The van der Waals surface area contributed by atoms with Crippen molar-refractivity contribution in [2.45, 2.75) is 6.92 Å². The van der Waals surface area contributed by atoms with Crippen LogP contribution in [0.15, 0.2) is 29.6 Å². The fourth-order valence-electron chi connectivity index (χ4n) is 1.64. The molecule has 20 heavy (non-hydrogen) atoms. The molecule has 0 aliphatic carbocycles. The number of methoxy groups -OCH3 is 1. The van der Waals surface area contributed by atoms with Gasteiger partial charge in [-0.2, -0.15) is 0 Å². The molecular weight excluding hydrogens is 292 g/mol. The van der Waals surface area contributed by atoms with Crippen LogP contribution in [0.4, 0.5) is 5.69 Å². The Morgan fingerprint density at radius 1 is 1.40 bits per heavy atom. The van der Waals surface area contributed by atoms with Crippen LogP contribution >= 0.6 is 23.6 Å². The predicted molar refractivity (Wildman–Crippen MR) is 85.9 cm³/mol. The lowest BCUT2D eigenvalue weighted by molar-refractivity contribution is 0.103. The number of anilines is 1. The molecule has 0 unspecified atom stereocenters. The van der Waals surface area contributed by atoms with Gasteiger partial charge in [0.05, 0.1) is 12.0 Å². The quantitative estimate of drug-likeness (QED) is 0.852. The Morgan fingerprint density at radius 3 is 2.75 bits per heavy atom. The Kier molecular flexibility index (Phi) is 4.36. The zero-order chi connectivity index (χ0) is 14.7. The molecule has 0 spiro atoms. The van der Waals surface area contributed by atoms with E-state index in [2.05, 4.69) is 5.32 Å². The highest BCUT2D eigenvalue weighted by Crippen LogP contribution is 2.23. The number of thiocarbonyl (C=S) groups is 1. The highest BCUT2D eigenvalue weighted by Gasteiger charge is 2.11. The molecule has 1 aromatic carbocycles. The van der Waals surface area contributed by atoms with Gasteiger partial charge in [-0.25, -0.2) is 0 Å². The molecule has 0 radical (unpaired) electrons. The first-order valence-electron chi connectivity index (χ1n) is 5.85. The first-order valence-corrected chi connectivity index (χ1v) is 7.14. The standard InChI is InChI=1S/C14H14N2O2S2/c1-8-3-4-9(13(15)19)5-11(8)16-14(17)12-6-10(18-2)7-20-12/h3-7H,1-2H3,(H2,15,19)(H,16,17). The SMILES string of the molecule is COc1csc(C(=O)Nc2cc(C(N)=S)ccc2C)c1. The minimum absolute atomic E-state index is 0.179. The number of nitrogens with two attached hydrogens (primary N) is 1. The van der Waals surface area contributed by atoms with Crippen molar-refractivity contribution in [3.8, 4) is 5.75 Å². The van der Waals surface area contributed by atoms with Crippen molar-refractivity contribution < 1.29 is 9.53 Å². The number of aryl methyl sites for hydroxylation is 1. The molecule has 6 heteroatoms. The molecule has 1 amide bonds. The van der Waals surface area contributed by atoms with Crippen molar-refractivity contribution >= 4 is 40.1 Å². The summed E-state index contributed by atoms with van der Waals surface area (Å²) in [6, 6.07) is 7.19. The third-order valence-electron chi connectivity index (χ3n) is 2.81. The molecule has 1 aromatic heterocycles. The zero-order valence-corrected chi connectivity index (χ0v) is 12.7. The van der Waals surface area contributed by atoms with E-state index in [9.17, 15) is 4.79 Å². The Morgan fingerprint density at radius 2 is 2.15 bits per heavy atom. The molecule has 0 aliphatic rings. The lowest BCUT2D eigenvalue weighted by Gasteiger charge is -2.09. The van der Waals surface area contributed by atoms with Crippen molar-refractivity contribution in [1.82, 2.24) is 0 Å². The van der Waals surface area contributed by atoms with E-state index in [1.165, 1.54) is 11.3 Å². The normalized spacial score (nSPS) is 10.1. The van der Waals surface area contributed by atoms with Gasteiger partial charge in [0.25, 0.3) is 5.91 Å². The van der Waals surface area contributed by atoms with E-state index in [1.807, 2.05) is 19.1 Å². The van der Waals surface area contributed by atoms with Gasteiger partial charge in [0.1, 0.15) is 10.7 Å². The number of ether oxygens (including phenoxy) is 1. The molecule has 0 atom stereocenters. The summed E-state index contributed by atoms with van der Waals surface area (Å²) < 4.78 is 5.07. The summed E-state index contributed by atoms with van der Waals surface area (Å²) in [5, 5.41) is 4.64. The van der Waals surface area contributed by atoms with Crippen LogP contribution in [0.25, 0.3) is 0 Å². The van der Waals surface area contributed by atoms with E-state index in [4.69, 9.17) is 22.7 Å². The van der Waals surface area contributed by atoms with Crippen LogP contribution in [0.3, 0.4) is 0 Å². The Balaban J connectivity index is 2.22. The number of nitrogens with one attached hydrogen (secondary N) is 1. The van der Waals surface area contributed by atoms with Crippen molar-refractivity contribution in [2.24, 2.45) is 5.73 Å². The minimum atomic E-state index is -0.179. The van der Waals surface area contributed by atoms with Crippen LogP contribution in [0, 0.1) is 6.92 Å². The average Bonchev–Trinajstić information content (AvgIpc) is 2.89. The summed E-state index contributed by atoms with van der Waals surface area (Å²) in [4.78, 5) is 13.0.